The molecular formula is C52H45Cl6N3O7. The van der Waals surface area contributed by atoms with Crippen LogP contribution in [-0.4, -0.2) is 62.2 Å². The molecule has 0 radical (unpaired) electrons. The molecule has 0 aliphatic carbocycles. The van der Waals surface area contributed by atoms with Crippen molar-refractivity contribution in [2.45, 2.75) is 65.7 Å². The highest BCUT2D eigenvalue weighted by Gasteiger charge is 2.37. The van der Waals surface area contributed by atoms with Crippen molar-refractivity contribution in [3.8, 4) is 0 Å². The Balaban J connectivity index is 0.000000247. The maximum Gasteiger partial charge on any atom is 0.335 e. The fourth-order valence-electron chi connectivity index (χ4n) is 7.90. The molecule has 16 heteroatoms. The van der Waals surface area contributed by atoms with E-state index in [-0.39, 0.29) is 82.6 Å². The lowest BCUT2D eigenvalue weighted by atomic mass is 9.97. The average molecular weight is 1040 g/mol. The van der Waals surface area contributed by atoms with E-state index in [1.54, 1.807) is 114 Å². The highest BCUT2D eigenvalue weighted by molar-refractivity contribution is 6.42. The van der Waals surface area contributed by atoms with E-state index in [1.807, 2.05) is 0 Å². The Labute approximate surface area is 424 Å². The van der Waals surface area contributed by atoms with Crippen molar-refractivity contribution in [2.24, 2.45) is 5.73 Å². The van der Waals surface area contributed by atoms with Crippen LogP contribution in [0, 0.1) is 0 Å². The summed E-state index contributed by atoms with van der Waals surface area (Å²) in [5, 5.41) is 11.6. The number of primary amides is 1. The molecule has 8 rings (SSSR count). The molecule has 3 N–H and O–H groups in total. The van der Waals surface area contributed by atoms with Crippen molar-refractivity contribution in [2.75, 3.05) is 0 Å². The average Bonchev–Trinajstić information content (AvgIpc) is 3.43. The summed E-state index contributed by atoms with van der Waals surface area (Å²) in [6.45, 7) is 0.316. The number of aromatic carboxylic acids is 1. The molecule has 0 saturated carbocycles. The lowest BCUT2D eigenvalue weighted by molar-refractivity contribution is -0.123. The van der Waals surface area contributed by atoms with Gasteiger partial charge in [-0.1, -0.05) is 121 Å². The molecule has 0 spiro atoms. The summed E-state index contributed by atoms with van der Waals surface area (Å²) in [6.07, 6.45) is 0.700. The highest BCUT2D eigenvalue weighted by atomic mass is 35.5. The van der Waals surface area contributed by atoms with Gasteiger partial charge in [0, 0.05) is 65.5 Å². The van der Waals surface area contributed by atoms with Crippen LogP contribution < -0.4 is 5.73 Å². The second-order valence-electron chi connectivity index (χ2n) is 15.8. The van der Waals surface area contributed by atoms with Crippen LogP contribution in [0.3, 0.4) is 0 Å². The number of ketones is 2. The van der Waals surface area contributed by atoms with Gasteiger partial charge in [-0.15, -0.1) is 0 Å². The molecular weight excluding hydrogens is 991 g/mol. The Hall–Kier alpha value is -5.72. The zero-order valence-electron chi connectivity index (χ0n) is 34.6. The van der Waals surface area contributed by atoms with Gasteiger partial charge in [-0.2, -0.15) is 0 Å². The monoisotopic (exact) mass is 1030 g/mol. The van der Waals surface area contributed by atoms with Crippen molar-refractivity contribution in [1.82, 2.24) is 9.80 Å². The summed E-state index contributed by atoms with van der Waals surface area (Å²) in [5.74, 6) is -2.37. The van der Waals surface area contributed by atoms with Crippen LogP contribution in [-0.2, 0) is 48.4 Å². The number of carbonyl (C=O) groups excluding carboxylic acids is 5. The number of hydrogen-bond donors (Lipinski definition) is 2. The molecule has 352 valence electrons. The van der Waals surface area contributed by atoms with E-state index in [9.17, 15) is 28.8 Å². The molecule has 68 heavy (non-hydrogen) atoms. The lowest BCUT2D eigenvalue weighted by Gasteiger charge is -2.30. The molecule has 0 unspecified atom stereocenters. The molecule has 6 aromatic carbocycles. The van der Waals surface area contributed by atoms with E-state index >= 15 is 0 Å². The van der Waals surface area contributed by atoms with E-state index < -0.39 is 24.0 Å². The van der Waals surface area contributed by atoms with Gasteiger partial charge < -0.3 is 20.6 Å². The summed E-state index contributed by atoms with van der Waals surface area (Å²) in [4.78, 5) is 79.6. The lowest BCUT2D eigenvalue weighted by Crippen LogP contribution is -2.44. The van der Waals surface area contributed by atoms with E-state index in [2.05, 4.69) is 0 Å². The fraction of sp³-hybridized carbons (Fsp3) is 0.192. The van der Waals surface area contributed by atoms with Gasteiger partial charge in [-0.05, 0) is 118 Å². The predicted molar refractivity (Wildman–Crippen MR) is 270 cm³/mol. The molecule has 0 saturated heterocycles. The minimum absolute atomic E-state index is 0. The molecule has 2 atom stereocenters. The largest absolute Gasteiger partial charge is 0.478 e. The van der Waals surface area contributed by atoms with Gasteiger partial charge >= 0.3 is 5.97 Å². The number of nitrogens with two attached hydrogens (primary N) is 1. The first-order chi connectivity index (χ1) is 31.4. The molecule has 3 amide bonds. The minimum Gasteiger partial charge on any atom is -0.478 e. The van der Waals surface area contributed by atoms with Crippen LogP contribution in [0.1, 0.15) is 89.7 Å². The Morgan fingerprint density at radius 2 is 0.868 bits per heavy atom. The summed E-state index contributed by atoms with van der Waals surface area (Å²) < 4.78 is 0. The Kier molecular flexibility index (Phi) is 18.0. The molecule has 0 fully saturated rings. The van der Waals surface area contributed by atoms with Crippen molar-refractivity contribution in [3.63, 3.8) is 0 Å². The van der Waals surface area contributed by atoms with Crippen LogP contribution in [0.25, 0.3) is 0 Å². The molecule has 10 nitrogen and oxygen atoms in total. The van der Waals surface area contributed by atoms with Gasteiger partial charge in [0.05, 0.1) is 37.7 Å². The second-order valence-corrected chi connectivity index (χ2v) is 18.3. The zero-order chi connectivity index (χ0) is 47.4. The van der Waals surface area contributed by atoms with E-state index in [4.69, 9.17) is 80.4 Å². The van der Waals surface area contributed by atoms with Crippen LogP contribution >= 0.6 is 69.6 Å². The summed E-state index contributed by atoms with van der Waals surface area (Å²) in [7, 11) is 0. The number of benzene rings is 6. The third-order valence-electron chi connectivity index (χ3n) is 11.3. The smallest absolute Gasteiger partial charge is 0.335 e. The summed E-state index contributed by atoms with van der Waals surface area (Å²) >= 11 is 36.7. The first-order valence-electron chi connectivity index (χ1n) is 20.3. The number of nitrogens with zero attached hydrogens (tertiary/aromatic N) is 2. The zero-order valence-corrected chi connectivity index (χ0v) is 39.1. The summed E-state index contributed by atoms with van der Waals surface area (Å²) in [6, 6.07) is 31.6. The Morgan fingerprint density at radius 1 is 0.500 bits per heavy atom. The number of fused-ring (bicyclic) bond motifs is 2. The van der Waals surface area contributed by atoms with Gasteiger partial charge in [0.2, 0.25) is 5.91 Å². The number of hydrogen-bond acceptors (Lipinski definition) is 6. The maximum atomic E-state index is 13.6. The van der Waals surface area contributed by atoms with Gasteiger partial charge in [0.25, 0.3) is 11.8 Å². The maximum absolute atomic E-state index is 13.6. The quantitative estimate of drug-likeness (QED) is 0.138. The molecule has 6 aromatic rings. The molecule has 2 aliphatic rings. The van der Waals surface area contributed by atoms with Crippen molar-refractivity contribution in [1.29, 1.82) is 0 Å². The van der Waals surface area contributed by atoms with Crippen LogP contribution in [0.15, 0.2) is 121 Å². The van der Waals surface area contributed by atoms with Crippen molar-refractivity contribution >= 4 is 105 Å². The normalized spacial score (nSPS) is 15.4. The van der Waals surface area contributed by atoms with Crippen molar-refractivity contribution < 1.29 is 33.9 Å². The standard InChI is InChI=1S/C25H19Cl3N2O3.C25H18Cl3NO4.2CH4/c26-18-6-7-19-17(11-18)12-23(31)22(10-15-3-8-20(27)21(28)9-15)30(25(19)33)13-14-1-4-16(5-2-14)24(29)32;26-18-6-7-19-17(11-18)12-23(30)22(10-15-3-8-20(27)21(28)9-15)29(24(19)31)13-14-1-4-16(5-2-14)25(32)33;;/h1-9,11,22H,10,12-13H2,(H2,29,32);1-9,11,22H,10,12-13H2,(H,32,33);2*1H4/t2*22-;;/m00../s1. The van der Waals surface area contributed by atoms with Gasteiger partial charge in [-0.3, -0.25) is 24.0 Å². The number of carboxylic acid groups (broad SMARTS) is 1. The fourth-order valence-corrected chi connectivity index (χ4v) is 8.93. The predicted octanol–water partition coefficient (Wildman–Crippen LogP) is 12.1. The number of halogens is 6. The van der Waals surface area contributed by atoms with Crippen LogP contribution in [0.2, 0.25) is 30.1 Å². The molecule has 2 heterocycles. The van der Waals surface area contributed by atoms with E-state index in [0.29, 0.717) is 63.5 Å². The number of Topliss-reactive ketones (excluding diaryl/α,β-unsaturated/α-hetero) is 2. The second kappa shape index (κ2) is 23.1. The van der Waals surface area contributed by atoms with Crippen LogP contribution in [0.4, 0.5) is 0 Å². The number of rotatable bonds is 10. The first-order valence-corrected chi connectivity index (χ1v) is 22.6. The highest BCUT2D eigenvalue weighted by Crippen LogP contribution is 2.31. The minimum atomic E-state index is -1.04. The number of carbonyl (C=O) groups is 6. The number of carboxylic acids is 1. The third kappa shape index (κ3) is 12.5. The SMILES string of the molecule is C.C.NC(=O)c1ccc(CN2C(=O)c3ccc(Cl)cc3CC(=O)[C@@H]2Cc2ccc(Cl)c(Cl)c2)cc1.O=C(O)c1ccc(CN2C(=O)c3ccc(Cl)cc3CC(=O)[C@@H]2Cc2ccc(Cl)c(Cl)c2)cc1. The topological polar surface area (TPSA) is 155 Å². The van der Waals surface area contributed by atoms with Gasteiger partial charge in [0.15, 0.2) is 11.6 Å². The number of amides is 3. The van der Waals surface area contributed by atoms with E-state index in [0.717, 1.165) is 16.7 Å². The summed E-state index contributed by atoms with van der Waals surface area (Å²) in [5.41, 5.74) is 10.9. The Morgan fingerprint density at radius 3 is 1.22 bits per heavy atom. The first kappa shape index (κ1) is 53.2. The van der Waals surface area contributed by atoms with Gasteiger partial charge in [-0.25, -0.2) is 4.79 Å². The van der Waals surface area contributed by atoms with E-state index in [1.165, 1.54) is 17.0 Å². The third-order valence-corrected chi connectivity index (χ3v) is 13.3. The van der Waals surface area contributed by atoms with Crippen LogP contribution in [0.5, 0.6) is 0 Å². The Bertz CT molecular complexity index is 2710. The molecule has 0 bridgehead atoms. The molecule has 2 aliphatic heterocycles. The molecule has 0 aromatic heterocycles. The van der Waals surface area contributed by atoms with Crippen molar-refractivity contribution in [3.05, 3.63) is 207 Å². The van der Waals surface area contributed by atoms with Gasteiger partial charge in [0.1, 0.15) is 0 Å².